The number of likely N-dealkylation sites (tertiary alicyclic amines) is 1. The lowest BCUT2D eigenvalue weighted by Gasteiger charge is -2.15. The van der Waals surface area contributed by atoms with Crippen LogP contribution in [0.3, 0.4) is 0 Å². The minimum atomic E-state index is -2.68. The van der Waals surface area contributed by atoms with Gasteiger partial charge in [-0.25, -0.2) is 28.1 Å². The molecule has 0 saturated carbocycles. The fourth-order valence-corrected chi connectivity index (χ4v) is 5.59. The summed E-state index contributed by atoms with van der Waals surface area (Å²) in [7, 11) is 0. The Kier molecular flexibility index (Phi) is 5.27. The maximum Gasteiger partial charge on any atom is 0.261 e. The Morgan fingerprint density at radius 3 is 2.79 bits per heavy atom. The summed E-state index contributed by atoms with van der Waals surface area (Å²) in [6.45, 7) is 0.319. The Bertz CT molecular complexity index is 1790. The highest BCUT2D eigenvalue weighted by Crippen LogP contribution is 2.35. The summed E-state index contributed by atoms with van der Waals surface area (Å²) in [6.07, 6.45) is 6.08. The summed E-state index contributed by atoms with van der Waals surface area (Å²) >= 11 is 1.59. The molecule has 0 aliphatic carbocycles. The summed E-state index contributed by atoms with van der Waals surface area (Å²) < 4.78 is 43.3. The van der Waals surface area contributed by atoms with E-state index in [2.05, 4.69) is 35.1 Å². The number of fused-ring (bicyclic) bond motifs is 2. The normalized spacial score (nSPS) is 15.7. The van der Waals surface area contributed by atoms with Crippen LogP contribution in [0.1, 0.15) is 12.0 Å². The van der Waals surface area contributed by atoms with Gasteiger partial charge in [0.15, 0.2) is 17.1 Å². The number of imidazole rings is 1. The fraction of sp³-hybridized carbons (Fsp3) is 0.192. The van der Waals surface area contributed by atoms with Gasteiger partial charge in [-0.15, -0.1) is 0 Å². The summed E-state index contributed by atoms with van der Waals surface area (Å²) in [4.78, 5) is 22.5. The zero-order valence-electron chi connectivity index (χ0n) is 19.8. The lowest BCUT2D eigenvalue weighted by Crippen LogP contribution is -2.24. The van der Waals surface area contributed by atoms with Crippen LogP contribution in [-0.2, 0) is 6.54 Å². The van der Waals surface area contributed by atoms with E-state index in [0.717, 1.165) is 22.2 Å². The highest BCUT2D eigenvalue weighted by molar-refractivity contribution is 7.08. The Labute approximate surface area is 217 Å². The van der Waals surface area contributed by atoms with Crippen molar-refractivity contribution >= 4 is 33.5 Å². The quantitative estimate of drug-likeness (QED) is 0.297. The van der Waals surface area contributed by atoms with E-state index in [4.69, 9.17) is 0 Å². The summed E-state index contributed by atoms with van der Waals surface area (Å²) in [5.74, 6) is -2.82. The van der Waals surface area contributed by atoms with Crippen LogP contribution < -0.4 is 0 Å². The van der Waals surface area contributed by atoms with Crippen LogP contribution in [0.2, 0.25) is 0 Å². The highest BCUT2D eigenvalue weighted by atomic mass is 32.1. The van der Waals surface area contributed by atoms with Gasteiger partial charge in [-0.05, 0) is 40.1 Å². The molecule has 190 valence electrons. The zero-order chi connectivity index (χ0) is 25.9. The van der Waals surface area contributed by atoms with Crippen molar-refractivity contribution < 1.29 is 13.2 Å². The van der Waals surface area contributed by atoms with E-state index < -0.39 is 11.7 Å². The Morgan fingerprint density at radius 1 is 1.05 bits per heavy atom. The number of H-pyrrole nitrogens is 2. The topological polar surface area (TPSA) is 99.3 Å². The lowest BCUT2D eigenvalue weighted by molar-refractivity contribution is 0.0115. The Balaban J connectivity index is 1.28. The second-order valence-corrected chi connectivity index (χ2v) is 10.1. The first-order valence-corrected chi connectivity index (χ1v) is 12.8. The van der Waals surface area contributed by atoms with Crippen LogP contribution in [0, 0.1) is 5.82 Å². The third kappa shape index (κ3) is 3.92. The lowest BCUT2D eigenvalue weighted by atomic mass is 10.0. The number of hydrogen-bond acceptors (Lipinski definition) is 7. The van der Waals surface area contributed by atoms with Gasteiger partial charge in [-0.1, -0.05) is 0 Å². The van der Waals surface area contributed by atoms with Crippen molar-refractivity contribution in [2.75, 3.05) is 13.1 Å². The number of hydrogen-bond donors (Lipinski definition) is 2. The number of pyridine rings is 3. The number of thiophene rings is 1. The van der Waals surface area contributed by atoms with Gasteiger partial charge in [-0.2, -0.15) is 16.4 Å². The summed E-state index contributed by atoms with van der Waals surface area (Å²) in [6, 6.07) is 5.67. The van der Waals surface area contributed by atoms with Gasteiger partial charge in [0, 0.05) is 61.0 Å². The van der Waals surface area contributed by atoms with Crippen molar-refractivity contribution in [1.82, 2.24) is 40.0 Å². The van der Waals surface area contributed by atoms with Gasteiger partial charge >= 0.3 is 0 Å². The van der Waals surface area contributed by atoms with Crippen LogP contribution in [0.25, 0.3) is 56.0 Å². The molecule has 7 heterocycles. The van der Waals surface area contributed by atoms with Crippen LogP contribution >= 0.6 is 11.3 Å². The van der Waals surface area contributed by atoms with Crippen molar-refractivity contribution in [1.29, 1.82) is 0 Å². The number of aromatic nitrogens is 7. The van der Waals surface area contributed by atoms with Crippen molar-refractivity contribution in [3.63, 3.8) is 0 Å². The second-order valence-electron chi connectivity index (χ2n) is 9.34. The molecule has 12 heteroatoms. The van der Waals surface area contributed by atoms with Crippen LogP contribution in [-0.4, -0.2) is 59.0 Å². The van der Waals surface area contributed by atoms with Crippen LogP contribution in [0.15, 0.2) is 53.7 Å². The van der Waals surface area contributed by atoms with Crippen molar-refractivity contribution in [3.05, 3.63) is 65.1 Å². The predicted molar refractivity (Wildman–Crippen MR) is 138 cm³/mol. The number of rotatable bonds is 5. The van der Waals surface area contributed by atoms with Gasteiger partial charge in [0.2, 0.25) is 0 Å². The van der Waals surface area contributed by atoms with Crippen LogP contribution in [0.4, 0.5) is 13.2 Å². The predicted octanol–water partition coefficient (Wildman–Crippen LogP) is 5.67. The van der Waals surface area contributed by atoms with E-state index >= 15 is 4.39 Å². The minimum Gasteiger partial charge on any atom is -0.335 e. The first-order valence-electron chi connectivity index (χ1n) is 11.9. The summed E-state index contributed by atoms with van der Waals surface area (Å²) in [5, 5.41) is 11.3. The third-order valence-corrected chi connectivity index (χ3v) is 7.42. The average molecular weight is 533 g/mol. The molecule has 8 nitrogen and oxygen atoms in total. The van der Waals surface area contributed by atoms with Gasteiger partial charge in [0.1, 0.15) is 11.5 Å². The molecule has 7 rings (SSSR count). The number of aromatic amines is 2. The molecule has 0 spiro atoms. The molecule has 6 aromatic rings. The third-order valence-electron chi connectivity index (χ3n) is 6.74. The van der Waals surface area contributed by atoms with E-state index in [1.807, 2.05) is 22.9 Å². The first kappa shape index (κ1) is 23.0. The number of nitrogens with zero attached hydrogens (tertiary/aromatic N) is 6. The molecular weight excluding hydrogens is 513 g/mol. The smallest absolute Gasteiger partial charge is 0.261 e. The van der Waals surface area contributed by atoms with Crippen LogP contribution in [0.5, 0.6) is 0 Å². The average Bonchev–Trinajstić information content (AvgIpc) is 3.70. The maximum atomic E-state index is 16.0. The van der Waals surface area contributed by atoms with E-state index in [0.29, 0.717) is 35.8 Å². The van der Waals surface area contributed by atoms with E-state index in [1.54, 1.807) is 34.7 Å². The molecule has 1 aliphatic rings. The molecule has 1 aliphatic heterocycles. The monoisotopic (exact) mass is 532 g/mol. The highest BCUT2D eigenvalue weighted by Gasteiger charge is 2.38. The van der Waals surface area contributed by atoms with E-state index in [9.17, 15) is 8.78 Å². The second kappa shape index (κ2) is 8.71. The number of nitrogens with one attached hydrogen (secondary N) is 2. The molecule has 0 aromatic carbocycles. The fourth-order valence-electron chi connectivity index (χ4n) is 4.93. The van der Waals surface area contributed by atoms with E-state index in [1.165, 1.54) is 12.4 Å². The Hall–Kier alpha value is -4.16. The van der Waals surface area contributed by atoms with Gasteiger partial charge in [-0.3, -0.25) is 15.0 Å². The number of halogens is 3. The molecule has 0 atom stereocenters. The molecule has 0 unspecified atom stereocenters. The molecule has 0 amide bonds. The van der Waals surface area contributed by atoms with Gasteiger partial charge < -0.3 is 4.98 Å². The van der Waals surface area contributed by atoms with E-state index in [-0.39, 0.29) is 29.6 Å². The summed E-state index contributed by atoms with van der Waals surface area (Å²) in [5.41, 5.74) is 5.21. The number of alkyl halides is 2. The largest absolute Gasteiger partial charge is 0.335 e. The molecular formula is C26H19F3N8S. The minimum absolute atomic E-state index is 0.162. The standard InChI is InChI=1S/C26H19F3N8S/c27-20-18(16-7-14(8-30-9-16)11-37-5-3-26(28,29)13-37)10-32-23-19(20)22(35-36-23)25-33-21-17(15-2-6-38-12-15)1-4-31-24(21)34-25/h1-2,4,6-10,12H,3,5,11,13H2,(H,31,33,34)(H,32,35,36). The van der Waals surface area contributed by atoms with Crippen molar-refractivity contribution in [2.24, 2.45) is 0 Å². The molecule has 0 bridgehead atoms. The Morgan fingerprint density at radius 2 is 1.97 bits per heavy atom. The molecule has 0 radical (unpaired) electrons. The SMILES string of the molecule is Fc1c(-c2cncc(CN3CCC(F)(F)C3)c2)cnc2n[nH]c(-c3nc4nccc(-c5ccsc5)c4[nH]3)c12. The molecule has 1 fully saturated rings. The maximum absolute atomic E-state index is 16.0. The van der Waals surface area contributed by atoms with Crippen molar-refractivity contribution in [3.8, 4) is 33.8 Å². The molecule has 2 N–H and O–H groups in total. The first-order chi connectivity index (χ1) is 18.4. The molecule has 1 saturated heterocycles. The van der Waals surface area contributed by atoms with Gasteiger partial charge in [0.25, 0.3) is 5.92 Å². The molecule has 38 heavy (non-hydrogen) atoms. The van der Waals surface area contributed by atoms with Gasteiger partial charge in [0.05, 0.1) is 17.4 Å². The zero-order valence-corrected chi connectivity index (χ0v) is 20.6. The molecule has 6 aromatic heterocycles. The van der Waals surface area contributed by atoms with Crippen molar-refractivity contribution in [2.45, 2.75) is 18.9 Å².